The van der Waals surface area contributed by atoms with Gasteiger partial charge in [0.2, 0.25) is 41.2 Å². The van der Waals surface area contributed by atoms with Gasteiger partial charge in [-0.15, -0.1) is 15.3 Å². The quantitative estimate of drug-likeness (QED) is 0.0263. The Balaban J connectivity index is 0.000000126. The number of piperazine rings is 2. The van der Waals surface area contributed by atoms with Crippen LogP contribution in [0.2, 0.25) is 0 Å². The first kappa shape index (κ1) is 79.7. The van der Waals surface area contributed by atoms with Crippen LogP contribution >= 0.6 is 0 Å². The van der Waals surface area contributed by atoms with Gasteiger partial charge in [0.25, 0.3) is 0 Å². The number of carbonyl (C=O) groups excluding carboxylic acids is 2. The molecule has 0 saturated carbocycles. The van der Waals surface area contributed by atoms with Crippen LogP contribution in [0.15, 0.2) is 227 Å². The standard InChI is InChI=1S/C32H33N9O4.C20H17N7O3.C19H15N7O3.C13H20N2O2/c1-43-18-19-44-24-11-9-23(10-12-24)38-13-15-39(16-14-38)31(42)26(20-22-6-3-2-4-7-22)40-21-25-28(36-40)35-32(33)41-30(25)34-29(37-41)27-8-5-17-45-27;1-29-19(28)14(10-12-6-3-2-4-7-12)26-11-13-16(24-26)23-20(21)27-18(13)22-17(25-27)15-8-5-9-30-15;20-19-22-15-12(17-21-16(24-26(17)19)14-7-4-8-29-14)10-25(23-15)13(18(27)28)9-11-5-2-1-3-6-11;1-16-10-11-17-13-4-2-12(3-5-13)15-8-6-14-7-9-15/h2-12,17,21,26H,13-16,18-20H2,1H3,(H2,33,35,36);2-9,11,14H,10H2,1H3,(H2,21,23,24);1-8,10,13H,9H2,(H,27,28)(H2,20,22,23);2-5,14H,6-11H2,1H3. The van der Waals surface area contributed by atoms with Gasteiger partial charge in [-0.1, -0.05) is 91.0 Å². The number of nitrogens with zero attached hydrogens (tertiary/aromatic N) is 21. The van der Waals surface area contributed by atoms with E-state index in [1.54, 1.807) is 80.2 Å². The van der Waals surface area contributed by atoms with Crippen molar-refractivity contribution in [2.75, 3.05) is 127 Å². The van der Waals surface area contributed by atoms with Crippen LogP contribution in [-0.4, -0.2) is 216 Å². The number of furan rings is 3. The van der Waals surface area contributed by atoms with Crippen molar-refractivity contribution in [2.24, 2.45) is 0 Å². The summed E-state index contributed by atoms with van der Waals surface area (Å²) in [5, 5.41) is 41.7. The highest BCUT2D eigenvalue weighted by Crippen LogP contribution is 2.32. The minimum atomic E-state index is -0.997. The molecule has 19 rings (SSSR count). The average molecular weight is 1640 g/mol. The molecule has 2 fully saturated rings. The zero-order chi connectivity index (χ0) is 83.3. The van der Waals surface area contributed by atoms with Gasteiger partial charge in [-0.3, -0.25) is 18.8 Å². The number of carboxylic acid groups (broad SMARTS) is 1. The van der Waals surface area contributed by atoms with Crippen LogP contribution in [0.3, 0.4) is 0 Å². The van der Waals surface area contributed by atoms with Crippen molar-refractivity contribution in [3.05, 3.63) is 230 Å². The Labute approximate surface area is 689 Å². The van der Waals surface area contributed by atoms with Gasteiger partial charge in [-0.05, 0) is 102 Å². The summed E-state index contributed by atoms with van der Waals surface area (Å²) in [7, 11) is 4.68. The van der Waals surface area contributed by atoms with E-state index in [1.807, 2.05) is 138 Å². The molecule has 2 aliphatic heterocycles. The number of fused-ring (bicyclic) bond motifs is 9. The lowest BCUT2D eigenvalue weighted by molar-refractivity contribution is -0.145. The number of nitrogen functional groups attached to an aromatic ring is 3. The zero-order valence-corrected chi connectivity index (χ0v) is 66.1. The second-order valence-electron chi connectivity index (χ2n) is 28.1. The molecule has 0 spiro atoms. The van der Waals surface area contributed by atoms with Gasteiger partial charge in [-0.25, -0.2) is 24.5 Å². The van der Waals surface area contributed by atoms with Crippen LogP contribution in [-0.2, 0) is 47.9 Å². The maximum Gasteiger partial charge on any atom is 0.331 e. The van der Waals surface area contributed by atoms with Crippen molar-refractivity contribution in [1.29, 1.82) is 0 Å². The number of rotatable bonds is 25. The highest BCUT2D eigenvalue weighted by molar-refractivity contribution is 5.93. The molecule has 0 radical (unpaired) electrons. The number of carboxylic acids is 1. The van der Waals surface area contributed by atoms with Gasteiger partial charge < -0.3 is 79.3 Å². The maximum absolute atomic E-state index is 14.2. The largest absolute Gasteiger partial charge is 0.491 e. The fraction of sp³-hybridized carbons (Fsp3) is 0.250. The first-order valence-electron chi connectivity index (χ1n) is 38.9. The molecule has 2 saturated heterocycles. The van der Waals surface area contributed by atoms with E-state index < -0.39 is 30.1 Å². The van der Waals surface area contributed by atoms with Crippen molar-refractivity contribution in [1.82, 2.24) is 98.3 Å². The van der Waals surface area contributed by atoms with Gasteiger partial charge in [0.15, 0.2) is 63.2 Å². The highest BCUT2D eigenvalue weighted by atomic mass is 16.5. The van der Waals surface area contributed by atoms with Crippen molar-refractivity contribution in [3.8, 4) is 46.3 Å². The lowest BCUT2D eigenvalue weighted by Crippen LogP contribution is -2.51. The molecule has 2 aliphatic rings. The summed E-state index contributed by atoms with van der Waals surface area (Å²) in [6.07, 6.45) is 10.9. The molecule has 1 amide bonds. The molecule has 37 heteroatoms. The number of anilines is 5. The van der Waals surface area contributed by atoms with Gasteiger partial charge >= 0.3 is 11.9 Å². The Bertz CT molecular complexity index is 6300. The van der Waals surface area contributed by atoms with Crippen molar-refractivity contribution >= 4 is 97.1 Å². The number of aromatic nitrogens is 18. The molecule has 5 aromatic carbocycles. The molecule has 17 aromatic rings. The van der Waals surface area contributed by atoms with Gasteiger partial charge in [-0.2, -0.15) is 43.8 Å². The average Bonchev–Trinajstić information content (AvgIpc) is 1.61. The van der Waals surface area contributed by atoms with Crippen LogP contribution in [0.1, 0.15) is 34.8 Å². The third kappa shape index (κ3) is 18.1. The highest BCUT2D eigenvalue weighted by Gasteiger charge is 2.33. The molecular formula is C84H85N25O12. The lowest BCUT2D eigenvalue weighted by atomic mass is 10.0. The Kier molecular flexibility index (Phi) is 24.1. The van der Waals surface area contributed by atoms with Gasteiger partial charge in [0.1, 0.15) is 30.8 Å². The third-order valence-corrected chi connectivity index (χ3v) is 20.3. The number of hydrogen-bond acceptors (Lipinski definition) is 29. The third-order valence-electron chi connectivity index (χ3n) is 20.3. The monoisotopic (exact) mass is 1640 g/mol. The SMILES string of the molecule is COC(=O)C(Cc1ccccc1)n1cc2c(nc(N)n3nc(-c4ccco4)nc23)n1.COCCOc1ccc(N2CCN(C(=O)C(Cc3ccccc3)n3cc4c(nc(N)n5nc(-c6ccco6)nc45)n3)CC2)cc1.COCCOc1ccc(N2CCNCC2)cc1.Nc1nc2nn(C(Cc3ccccc3)C(=O)O)cc2c2nc(-c3ccco3)nn12. The predicted molar refractivity (Wildman–Crippen MR) is 447 cm³/mol. The minimum absolute atomic E-state index is 0.00469. The van der Waals surface area contributed by atoms with E-state index in [-0.39, 0.29) is 30.2 Å². The number of benzene rings is 5. The molecule has 3 unspecified atom stereocenters. The van der Waals surface area contributed by atoms with Crippen LogP contribution in [0.5, 0.6) is 11.5 Å². The normalized spacial score (nSPS) is 13.7. The summed E-state index contributed by atoms with van der Waals surface area (Å²) in [6.45, 7) is 9.14. The van der Waals surface area contributed by atoms with Crippen molar-refractivity contribution < 1.29 is 56.4 Å². The zero-order valence-electron chi connectivity index (χ0n) is 66.1. The number of methoxy groups -OCH3 is 3. The molecule has 3 atom stereocenters. The van der Waals surface area contributed by atoms with Crippen LogP contribution < -0.4 is 41.8 Å². The number of esters is 1. The summed E-state index contributed by atoms with van der Waals surface area (Å²) < 4.78 is 51.3. The van der Waals surface area contributed by atoms with E-state index in [1.165, 1.54) is 42.0 Å². The van der Waals surface area contributed by atoms with E-state index in [9.17, 15) is 19.5 Å². The summed E-state index contributed by atoms with van der Waals surface area (Å²) in [5.74, 6) is 3.29. The summed E-state index contributed by atoms with van der Waals surface area (Å²) in [4.78, 5) is 72.0. The smallest absolute Gasteiger partial charge is 0.331 e. The van der Waals surface area contributed by atoms with E-state index in [2.05, 4.69) is 82.6 Å². The van der Waals surface area contributed by atoms with E-state index in [0.717, 1.165) is 60.1 Å². The Morgan fingerprint density at radius 1 is 0.421 bits per heavy atom. The number of aliphatic carboxylic acids is 1. The molecule has 12 aromatic heterocycles. The topological polar surface area (TPSA) is 440 Å². The van der Waals surface area contributed by atoms with Gasteiger partial charge in [0, 0.05) is 116 Å². The van der Waals surface area contributed by atoms with Crippen LogP contribution in [0.4, 0.5) is 29.2 Å². The van der Waals surface area contributed by atoms with Gasteiger partial charge in [0.05, 0.1) is 55.3 Å². The molecule has 0 aliphatic carbocycles. The summed E-state index contributed by atoms with van der Waals surface area (Å²) >= 11 is 0. The molecule has 37 nitrogen and oxygen atoms in total. The number of amides is 1. The number of hydrogen-bond donors (Lipinski definition) is 5. The molecule has 0 bridgehead atoms. The van der Waals surface area contributed by atoms with E-state index >= 15 is 0 Å². The molecule has 618 valence electrons. The number of ether oxygens (including phenoxy) is 5. The van der Waals surface area contributed by atoms with Crippen molar-refractivity contribution in [3.63, 3.8) is 0 Å². The van der Waals surface area contributed by atoms with Crippen LogP contribution in [0, 0.1) is 0 Å². The first-order chi connectivity index (χ1) is 59.2. The Hall–Kier alpha value is -15.1. The molecular weight excluding hydrogens is 1550 g/mol. The Morgan fingerprint density at radius 3 is 1.15 bits per heavy atom. The molecule has 8 N–H and O–H groups in total. The number of carbonyl (C=O) groups is 3. The van der Waals surface area contributed by atoms with E-state index in [0.29, 0.717) is 150 Å². The van der Waals surface area contributed by atoms with Crippen LogP contribution in [0.25, 0.3) is 84.8 Å². The summed E-state index contributed by atoms with van der Waals surface area (Å²) in [5.41, 5.74) is 26.0. The van der Waals surface area contributed by atoms with E-state index in [4.69, 9.17) is 59.2 Å². The maximum atomic E-state index is 14.2. The fourth-order valence-electron chi connectivity index (χ4n) is 14.1. The molecule has 14 heterocycles. The summed E-state index contributed by atoms with van der Waals surface area (Å²) in [6, 6.07) is 53.6. The predicted octanol–water partition coefficient (Wildman–Crippen LogP) is 9.05. The number of nitrogens with one attached hydrogen (secondary N) is 1. The second-order valence-corrected chi connectivity index (χ2v) is 28.1. The fourth-order valence-corrected chi connectivity index (χ4v) is 14.1. The lowest BCUT2D eigenvalue weighted by Gasteiger charge is -2.37. The number of nitrogens with two attached hydrogens (primary N) is 3. The minimum Gasteiger partial charge on any atom is -0.491 e. The second kappa shape index (κ2) is 36.6. The first-order valence-corrected chi connectivity index (χ1v) is 38.9. The van der Waals surface area contributed by atoms with Crippen molar-refractivity contribution in [2.45, 2.75) is 37.4 Å². The Morgan fingerprint density at radius 2 is 0.785 bits per heavy atom. The molecule has 121 heavy (non-hydrogen) atoms.